The molecule has 1 saturated heterocycles. The van der Waals surface area contributed by atoms with Crippen LogP contribution in [0.1, 0.15) is 48.3 Å². The van der Waals surface area contributed by atoms with Crippen molar-refractivity contribution in [1.29, 1.82) is 0 Å². The molecule has 5 rings (SSSR count). The van der Waals surface area contributed by atoms with Crippen LogP contribution in [0.3, 0.4) is 0 Å². The van der Waals surface area contributed by atoms with E-state index in [1.165, 1.54) is 0 Å². The van der Waals surface area contributed by atoms with E-state index in [1.54, 1.807) is 10.9 Å². The summed E-state index contributed by atoms with van der Waals surface area (Å²) in [6.07, 6.45) is 1.03. The highest BCUT2D eigenvalue weighted by Crippen LogP contribution is 2.35. The second-order valence-electron chi connectivity index (χ2n) is 8.51. The molecule has 30 heavy (non-hydrogen) atoms. The second kappa shape index (κ2) is 7.19. The lowest BCUT2D eigenvalue weighted by Gasteiger charge is -2.42. The van der Waals surface area contributed by atoms with Crippen LogP contribution in [0.4, 0.5) is 0 Å². The number of pyridine rings is 1. The van der Waals surface area contributed by atoms with Crippen LogP contribution in [0.5, 0.6) is 0 Å². The van der Waals surface area contributed by atoms with Crippen molar-refractivity contribution >= 4 is 5.91 Å². The highest BCUT2D eigenvalue weighted by molar-refractivity contribution is 5.94. The van der Waals surface area contributed by atoms with E-state index >= 15 is 0 Å². The first-order valence-corrected chi connectivity index (χ1v) is 10.4. The number of piperidine rings is 1. The van der Waals surface area contributed by atoms with Gasteiger partial charge < -0.3 is 9.47 Å². The van der Waals surface area contributed by atoms with Gasteiger partial charge in [0.25, 0.3) is 11.5 Å². The average Bonchev–Trinajstić information content (AvgIpc) is 3.25. The van der Waals surface area contributed by atoms with Gasteiger partial charge in [-0.15, -0.1) is 10.2 Å². The maximum Gasteiger partial charge on any atom is 0.253 e. The fraction of sp³-hybridized carbons (Fsp3) is 0.409. The minimum atomic E-state index is 0.0294. The van der Waals surface area contributed by atoms with Crippen LogP contribution in [0, 0.1) is 5.92 Å². The van der Waals surface area contributed by atoms with Crippen LogP contribution in [0.15, 0.2) is 47.3 Å². The molecular formula is C22H24N6O2. The number of nitrogens with zero attached hydrogens (tertiary/aromatic N) is 6. The minimum absolute atomic E-state index is 0.0294. The van der Waals surface area contributed by atoms with Crippen LogP contribution < -0.4 is 5.56 Å². The van der Waals surface area contributed by atoms with E-state index in [9.17, 15) is 9.59 Å². The highest BCUT2D eigenvalue weighted by atomic mass is 16.2. The molecule has 2 atom stereocenters. The van der Waals surface area contributed by atoms with Crippen molar-refractivity contribution in [3.05, 3.63) is 64.1 Å². The summed E-state index contributed by atoms with van der Waals surface area (Å²) in [5, 5.41) is 12.5. The Labute approximate surface area is 174 Å². The topological polar surface area (TPSA) is 85.9 Å². The Morgan fingerprint density at radius 1 is 1.07 bits per heavy atom. The second-order valence-corrected chi connectivity index (χ2v) is 8.51. The average molecular weight is 404 g/mol. The van der Waals surface area contributed by atoms with E-state index in [2.05, 4.69) is 15.4 Å². The first-order chi connectivity index (χ1) is 14.5. The van der Waals surface area contributed by atoms with Gasteiger partial charge in [-0.1, -0.05) is 18.2 Å². The maximum absolute atomic E-state index is 13.2. The quantitative estimate of drug-likeness (QED) is 0.669. The normalized spacial score (nSPS) is 20.3. The van der Waals surface area contributed by atoms with Gasteiger partial charge in [-0.2, -0.15) is 4.80 Å². The molecule has 8 heteroatoms. The van der Waals surface area contributed by atoms with Crippen LogP contribution in [-0.4, -0.2) is 48.7 Å². The van der Waals surface area contributed by atoms with Crippen molar-refractivity contribution in [1.82, 2.24) is 29.7 Å². The molecule has 0 saturated carbocycles. The predicted octanol–water partition coefficient (Wildman–Crippen LogP) is 2.34. The van der Waals surface area contributed by atoms with Crippen LogP contribution in [0.25, 0.3) is 11.4 Å². The summed E-state index contributed by atoms with van der Waals surface area (Å²) < 4.78 is 1.88. The van der Waals surface area contributed by atoms with Crippen LogP contribution in [0.2, 0.25) is 0 Å². The molecule has 154 valence electrons. The molecule has 1 amide bonds. The number of carbonyl (C=O) groups is 1. The Kier molecular flexibility index (Phi) is 4.49. The zero-order valence-corrected chi connectivity index (χ0v) is 17.1. The Morgan fingerprint density at radius 2 is 1.87 bits per heavy atom. The van der Waals surface area contributed by atoms with Gasteiger partial charge in [0, 0.05) is 48.4 Å². The number of rotatable bonds is 3. The van der Waals surface area contributed by atoms with Crippen molar-refractivity contribution in [3.8, 4) is 11.4 Å². The molecule has 1 fully saturated rings. The summed E-state index contributed by atoms with van der Waals surface area (Å²) in [6.45, 7) is 6.00. The first-order valence-electron chi connectivity index (χ1n) is 10.4. The van der Waals surface area contributed by atoms with Crippen molar-refractivity contribution in [3.63, 3.8) is 0 Å². The number of fused-ring (bicyclic) bond motifs is 4. The Hall–Kier alpha value is -3.29. The molecule has 4 heterocycles. The molecular weight excluding hydrogens is 380 g/mol. The number of hydrogen-bond donors (Lipinski definition) is 0. The van der Waals surface area contributed by atoms with E-state index < -0.39 is 0 Å². The summed E-state index contributed by atoms with van der Waals surface area (Å²) in [6, 6.07) is 13.0. The van der Waals surface area contributed by atoms with E-state index in [0.717, 1.165) is 17.7 Å². The van der Waals surface area contributed by atoms with Crippen molar-refractivity contribution in [2.75, 3.05) is 13.1 Å². The lowest BCUT2D eigenvalue weighted by atomic mass is 9.83. The summed E-state index contributed by atoms with van der Waals surface area (Å²) >= 11 is 0. The molecule has 0 radical (unpaired) electrons. The molecule has 1 aromatic carbocycles. The van der Waals surface area contributed by atoms with Gasteiger partial charge in [-0.25, -0.2) is 0 Å². The number of benzene rings is 1. The largest absolute Gasteiger partial charge is 0.338 e. The first kappa shape index (κ1) is 18.7. The summed E-state index contributed by atoms with van der Waals surface area (Å²) in [4.78, 5) is 28.9. The zero-order chi connectivity index (χ0) is 20.8. The number of carbonyl (C=O) groups excluding carboxylic acids is 1. The van der Waals surface area contributed by atoms with Crippen LogP contribution in [-0.2, 0) is 6.54 Å². The number of amides is 1. The third kappa shape index (κ3) is 3.22. The molecule has 2 aliphatic rings. The third-order valence-electron chi connectivity index (χ3n) is 6.05. The lowest BCUT2D eigenvalue weighted by molar-refractivity contribution is 0.0594. The smallest absolute Gasteiger partial charge is 0.253 e. The lowest BCUT2D eigenvalue weighted by Crippen LogP contribution is -2.49. The Morgan fingerprint density at radius 3 is 2.60 bits per heavy atom. The molecule has 2 aromatic heterocycles. The molecule has 2 bridgehead atoms. The van der Waals surface area contributed by atoms with Crippen molar-refractivity contribution in [2.24, 2.45) is 5.92 Å². The number of tetrazole rings is 1. The standard InChI is InChI=1S/C22H24N6O2/c1-14(2)28-24-21(23-25-28)16-6-8-17(9-7-16)22(30)26-11-15-10-18(13-26)19-4-3-5-20(29)27(19)12-15/h3-9,14-15,18H,10-13H2,1-2H3. The zero-order valence-electron chi connectivity index (χ0n) is 17.1. The molecule has 2 unspecified atom stereocenters. The minimum Gasteiger partial charge on any atom is -0.338 e. The number of aromatic nitrogens is 5. The molecule has 0 spiro atoms. The predicted molar refractivity (Wildman–Crippen MR) is 111 cm³/mol. The van der Waals surface area contributed by atoms with E-state index in [4.69, 9.17) is 0 Å². The fourth-order valence-corrected chi connectivity index (χ4v) is 4.57. The van der Waals surface area contributed by atoms with E-state index in [1.807, 2.05) is 59.7 Å². The molecule has 0 aliphatic carbocycles. The van der Waals surface area contributed by atoms with Crippen molar-refractivity contribution < 1.29 is 4.79 Å². The van der Waals surface area contributed by atoms with Gasteiger partial charge in [0.2, 0.25) is 5.82 Å². The highest BCUT2D eigenvalue weighted by Gasteiger charge is 2.36. The maximum atomic E-state index is 13.2. The Bertz CT molecular complexity index is 1150. The Balaban J connectivity index is 1.35. The number of likely N-dealkylation sites (tertiary alicyclic amines) is 1. The van der Waals surface area contributed by atoms with Gasteiger partial charge in [0.1, 0.15) is 0 Å². The van der Waals surface area contributed by atoms with Gasteiger partial charge in [0.05, 0.1) is 6.04 Å². The molecule has 8 nitrogen and oxygen atoms in total. The SMILES string of the molecule is CC(C)n1nnc(-c2ccc(C(=O)N3CC4CC(C3)c3cccc(=O)n3C4)cc2)n1. The summed E-state index contributed by atoms with van der Waals surface area (Å²) in [5.41, 5.74) is 2.59. The summed E-state index contributed by atoms with van der Waals surface area (Å²) in [5.74, 6) is 1.11. The van der Waals surface area contributed by atoms with Gasteiger partial charge in [-0.3, -0.25) is 9.59 Å². The third-order valence-corrected chi connectivity index (χ3v) is 6.05. The van der Waals surface area contributed by atoms with Crippen molar-refractivity contribution in [2.45, 2.75) is 38.8 Å². The molecule has 3 aromatic rings. The summed E-state index contributed by atoms with van der Waals surface area (Å²) in [7, 11) is 0. The monoisotopic (exact) mass is 404 g/mol. The molecule has 0 N–H and O–H groups in total. The number of hydrogen-bond acceptors (Lipinski definition) is 5. The van der Waals surface area contributed by atoms with E-state index in [-0.39, 0.29) is 23.4 Å². The van der Waals surface area contributed by atoms with Crippen LogP contribution >= 0.6 is 0 Å². The van der Waals surface area contributed by atoms with Gasteiger partial charge in [0.15, 0.2) is 0 Å². The van der Waals surface area contributed by atoms with Gasteiger partial charge >= 0.3 is 0 Å². The van der Waals surface area contributed by atoms with E-state index in [0.29, 0.717) is 36.9 Å². The van der Waals surface area contributed by atoms with Gasteiger partial charge in [-0.05, 0) is 49.6 Å². The molecule has 2 aliphatic heterocycles. The fourth-order valence-electron chi connectivity index (χ4n) is 4.57.